The molecule has 1 saturated heterocycles. The summed E-state index contributed by atoms with van der Waals surface area (Å²) in [7, 11) is 0. The second kappa shape index (κ2) is 12.4. The molecule has 1 aliphatic rings. The summed E-state index contributed by atoms with van der Waals surface area (Å²) >= 11 is 0. The lowest BCUT2D eigenvalue weighted by molar-refractivity contribution is -0.151. The van der Waals surface area contributed by atoms with Crippen molar-refractivity contribution in [2.45, 2.75) is 51.4 Å². The Morgan fingerprint density at radius 3 is 2.59 bits per heavy atom. The van der Waals surface area contributed by atoms with E-state index in [9.17, 15) is 19.5 Å². The van der Waals surface area contributed by atoms with E-state index >= 15 is 0 Å². The van der Waals surface area contributed by atoms with Crippen molar-refractivity contribution in [1.82, 2.24) is 10.2 Å². The SMILES string of the molecule is CCOC(=O)C(COCc1ccccc1)NC(C)C(=O)N1CCC[C@H]1C(=O)O.Cl. The standard InChI is InChI=1S/C20H28N2O6.ClH/c1-3-28-20(26)16(13-27-12-15-8-5-4-6-9-15)21-14(2)18(23)22-11-7-10-17(22)19(24)25;/h4-6,8-9,14,16-17,21H,3,7,10-13H2,1-2H3,(H,24,25);1H/t14?,16?,17-;/m0./s1. The van der Waals surface area contributed by atoms with E-state index in [4.69, 9.17) is 9.47 Å². The largest absolute Gasteiger partial charge is 0.480 e. The van der Waals surface area contributed by atoms with E-state index in [2.05, 4.69) is 5.32 Å². The molecule has 1 aliphatic heterocycles. The molecule has 1 heterocycles. The number of likely N-dealkylation sites (tertiary alicyclic amines) is 1. The maximum atomic E-state index is 12.7. The van der Waals surface area contributed by atoms with Crippen LogP contribution in [-0.4, -0.2) is 65.7 Å². The number of nitrogens with one attached hydrogen (secondary N) is 1. The molecule has 0 radical (unpaired) electrons. The lowest BCUT2D eigenvalue weighted by Crippen LogP contribution is -2.54. The number of esters is 1. The Kier molecular flexibility index (Phi) is 10.6. The first-order valence-electron chi connectivity index (χ1n) is 9.51. The first-order chi connectivity index (χ1) is 13.4. The van der Waals surface area contributed by atoms with Gasteiger partial charge in [-0.05, 0) is 32.3 Å². The van der Waals surface area contributed by atoms with Gasteiger partial charge in [0, 0.05) is 6.54 Å². The third kappa shape index (κ3) is 7.30. The number of rotatable bonds is 10. The van der Waals surface area contributed by atoms with Crippen LogP contribution in [0.2, 0.25) is 0 Å². The first-order valence-corrected chi connectivity index (χ1v) is 9.51. The van der Waals surface area contributed by atoms with Crippen LogP contribution in [0, 0.1) is 0 Å². The highest BCUT2D eigenvalue weighted by atomic mass is 35.5. The van der Waals surface area contributed by atoms with E-state index in [-0.39, 0.29) is 31.5 Å². The van der Waals surface area contributed by atoms with Gasteiger partial charge in [-0.25, -0.2) is 4.79 Å². The molecular formula is C20H29ClN2O6. The molecule has 0 spiro atoms. The third-order valence-electron chi connectivity index (χ3n) is 4.61. The summed E-state index contributed by atoms with van der Waals surface area (Å²) in [6.45, 7) is 4.29. The van der Waals surface area contributed by atoms with Gasteiger partial charge in [-0.3, -0.25) is 14.9 Å². The fourth-order valence-electron chi connectivity index (χ4n) is 3.20. The molecule has 1 amide bonds. The number of carboxylic acid groups (broad SMARTS) is 1. The van der Waals surface area contributed by atoms with Crippen molar-refractivity contribution in [3.63, 3.8) is 0 Å². The van der Waals surface area contributed by atoms with Gasteiger partial charge in [0.05, 0.1) is 25.9 Å². The molecule has 8 nitrogen and oxygen atoms in total. The number of nitrogens with zero attached hydrogens (tertiary/aromatic N) is 1. The van der Waals surface area contributed by atoms with Crippen molar-refractivity contribution >= 4 is 30.3 Å². The van der Waals surface area contributed by atoms with E-state index in [1.54, 1.807) is 13.8 Å². The minimum atomic E-state index is -1.01. The van der Waals surface area contributed by atoms with Crippen LogP contribution in [0.1, 0.15) is 32.3 Å². The molecule has 1 fully saturated rings. The van der Waals surface area contributed by atoms with Crippen LogP contribution in [0.4, 0.5) is 0 Å². The number of amides is 1. The Balaban J connectivity index is 0.00000420. The molecule has 3 atom stereocenters. The highest BCUT2D eigenvalue weighted by Crippen LogP contribution is 2.18. The van der Waals surface area contributed by atoms with Gasteiger partial charge in [0.1, 0.15) is 12.1 Å². The fourth-order valence-corrected chi connectivity index (χ4v) is 3.20. The molecule has 9 heteroatoms. The minimum Gasteiger partial charge on any atom is -0.480 e. The van der Waals surface area contributed by atoms with Gasteiger partial charge in [-0.1, -0.05) is 30.3 Å². The Hall–Kier alpha value is -2.16. The molecule has 1 aromatic rings. The van der Waals surface area contributed by atoms with Gasteiger partial charge < -0.3 is 19.5 Å². The number of carboxylic acids is 1. The second-order valence-electron chi connectivity index (χ2n) is 6.72. The smallest absolute Gasteiger partial charge is 0.326 e. The van der Waals surface area contributed by atoms with E-state index in [1.807, 2.05) is 30.3 Å². The quantitative estimate of drug-likeness (QED) is 0.545. The molecule has 0 aromatic heterocycles. The highest BCUT2D eigenvalue weighted by molar-refractivity contribution is 5.88. The van der Waals surface area contributed by atoms with Crippen LogP contribution >= 0.6 is 12.4 Å². The summed E-state index contributed by atoms with van der Waals surface area (Å²) in [5, 5.41) is 12.2. The maximum absolute atomic E-state index is 12.7. The molecule has 162 valence electrons. The number of hydrogen-bond acceptors (Lipinski definition) is 6. The van der Waals surface area contributed by atoms with Crippen molar-refractivity contribution in [3.8, 4) is 0 Å². The zero-order chi connectivity index (χ0) is 20.5. The number of carbonyl (C=O) groups is 3. The van der Waals surface area contributed by atoms with E-state index in [0.29, 0.717) is 26.0 Å². The van der Waals surface area contributed by atoms with Gasteiger partial charge in [-0.15, -0.1) is 12.4 Å². The van der Waals surface area contributed by atoms with Crippen LogP contribution < -0.4 is 5.32 Å². The molecule has 2 rings (SSSR count). The molecule has 2 unspecified atom stereocenters. The minimum absolute atomic E-state index is 0. The topological polar surface area (TPSA) is 105 Å². The number of benzene rings is 1. The summed E-state index contributed by atoms with van der Waals surface area (Å²) in [5.74, 6) is -1.86. The van der Waals surface area contributed by atoms with Crippen LogP contribution in [0.5, 0.6) is 0 Å². The van der Waals surface area contributed by atoms with Gasteiger partial charge in [0.25, 0.3) is 0 Å². The van der Waals surface area contributed by atoms with Crippen LogP contribution in [0.3, 0.4) is 0 Å². The van der Waals surface area contributed by atoms with E-state index in [1.165, 1.54) is 4.90 Å². The summed E-state index contributed by atoms with van der Waals surface area (Å²) in [5.41, 5.74) is 0.968. The Labute approximate surface area is 177 Å². The predicted octanol–water partition coefficient (Wildman–Crippen LogP) is 1.61. The van der Waals surface area contributed by atoms with Gasteiger partial charge in [-0.2, -0.15) is 0 Å². The summed E-state index contributed by atoms with van der Waals surface area (Å²) < 4.78 is 10.7. The Bertz CT molecular complexity index is 672. The fraction of sp³-hybridized carbons (Fsp3) is 0.550. The predicted molar refractivity (Wildman–Crippen MR) is 109 cm³/mol. The molecule has 0 saturated carbocycles. The normalized spacial score (nSPS) is 17.9. The van der Waals surface area contributed by atoms with Crippen LogP contribution in [-0.2, 0) is 30.5 Å². The number of aliphatic carboxylic acids is 1. The van der Waals surface area contributed by atoms with Crippen molar-refractivity contribution < 1.29 is 29.0 Å². The van der Waals surface area contributed by atoms with E-state index < -0.39 is 30.1 Å². The van der Waals surface area contributed by atoms with Crippen molar-refractivity contribution in [1.29, 1.82) is 0 Å². The second-order valence-corrected chi connectivity index (χ2v) is 6.72. The first kappa shape index (κ1) is 24.9. The molecular weight excluding hydrogens is 400 g/mol. The van der Waals surface area contributed by atoms with Crippen LogP contribution in [0.15, 0.2) is 30.3 Å². The average molecular weight is 429 g/mol. The Morgan fingerprint density at radius 2 is 1.97 bits per heavy atom. The summed E-state index contributed by atoms with van der Waals surface area (Å²) in [6, 6.07) is 7.15. The number of hydrogen-bond donors (Lipinski definition) is 2. The number of carbonyl (C=O) groups excluding carboxylic acids is 2. The van der Waals surface area contributed by atoms with Crippen LogP contribution in [0.25, 0.3) is 0 Å². The van der Waals surface area contributed by atoms with E-state index in [0.717, 1.165) is 5.56 Å². The molecule has 1 aromatic carbocycles. The number of halogens is 1. The maximum Gasteiger partial charge on any atom is 0.326 e. The average Bonchev–Trinajstić information content (AvgIpc) is 3.17. The van der Waals surface area contributed by atoms with Crippen molar-refractivity contribution in [3.05, 3.63) is 35.9 Å². The van der Waals surface area contributed by atoms with Gasteiger partial charge in [0.2, 0.25) is 5.91 Å². The van der Waals surface area contributed by atoms with Gasteiger partial charge in [0.15, 0.2) is 0 Å². The lowest BCUT2D eigenvalue weighted by Gasteiger charge is -2.27. The molecule has 29 heavy (non-hydrogen) atoms. The van der Waals surface area contributed by atoms with Crippen molar-refractivity contribution in [2.75, 3.05) is 19.8 Å². The summed E-state index contributed by atoms with van der Waals surface area (Å²) in [6.07, 6.45) is 1.09. The van der Waals surface area contributed by atoms with Crippen molar-refractivity contribution in [2.24, 2.45) is 0 Å². The highest BCUT2D eigenvalue weighted by Gasteiger charge is 2.37. The zero-order valence-corrected chi connectivity index (χ0v) is 17.5. The van der Waals surface area contributed by atoms with Gasteiger partial charge >= 0.3 is 11.9 Å². The Morgan fingerprint density at radius 1 is 1.28 bits per heavy atom. The lowest BCUT2D eigenvalue weighted by atomic mass is 10.2. The molecule has 0 aliphatic carbocycles. The number of ether oxygens (including phenoxy) is 2. The monoisotopic (exact) mass is 428 g/mol. The molecule has 2 N–H and O–H groups in total. The summed E-state index contributed by atoms with van der Waals surface area (Å²) in [4.78, 5) is 37.6. The third-order valence-corrected chi connectivity index (χ3v) is 4.61. The zero-order valence-electron chi connectivity index (χ0n) is 16.7. The molecule has 0 bridgehead atoms.